The van der Waals surface area contributed by atoms with Crippen molar-refractivity contribution in [2.75, 3.05) is 6.54 Å². The van der Waals surface area contributed by atoms with Gasteiger partial charge in [0.2, 0.25) is 0 Å². The van der Waals surface area contributed by atoms with Crippen LogP contribution >= 0.6 is 0 Å². The summed E-state index contributed by atoms with van der Waals surface area (Å²) in [4.78, 5) is 0. The van der Waals surface area contributed by atoms with Crippen LogP contribution in [0.5, 0.6) is 0 Å². The number of nitrogens with one attached hydrogen (secondary N) is 1. The molecule has 0 amide bonds. The molecule has 0 spiro atoms. The molecular formula is C23H33NO. The van der Waals surface area contributed by atoms with Crippen LogP contribution in [0.25, 0.3) is 0 Å². The molecule has 0 fully saturated rings. The van der Waals surface area contributed by atoms with Crippen LogP contribution < -0.4 is 5.32 Å². The van der Waals surface area contributed by atoms with E-state index in [-0.39, 0.29) is 6.04 Å². The van der Waals surface area contributed by atoms with E-state index in [0.717, 1.165) is 24.9 Å². The lowest BCUT2D eigenvalue weighted by Crippen LogP contribution is -2.33. The van der Waals surface area contributed by atoms with Crippen molar-refractivity contribution in [3.63, 3.8) is 0 Å². The third-order valence-electron chi connectivity index (χ3n) is 5.16. The third-order valence-corrected chi connectivity index (χ3v) is 5.16. The standard InChI is InChI=1S/C23H33NO/c1-5-23(3,4)17-20-13-11-19(12-14-20)15-16-24-18(2)22(25)21-9-7-6-8-10-21/h6-14,18,22,24-25H,5,15-17H2,1-4H3/t18-,22-/m0/s1. The van der Waals surface area contributed by atoms with E-state index in [4.69, 9.17) is 0 Å². The quantitative estimate of drug-likeness (QED) is 0.679. The maximum absolute atomic E-state index is 10.4. The number of benzene rings is 2. The number of aliphatic hydroxyl groups is 1. The van der Waals surface area contributed by atoms with Gasteiger partial charge in [0.05, 0.1) is 6.10 Å². The summed E-state index contributed by atoms with van der Waals surface area (Å²) in [6.07, 6.45) is 2.83. The maximum atomic E-state index is 10.4. The Balaban J connectivity index is 1.79. The number of hydrogen-bond acceptors (Lipinski definition) is 2. The minimum absolute atomic E-state index is 0.0343. The minimum Gasteiger partial charge on any atom is -0.387 e. The highest BCUT2D eigenvalue weighted by Crippen LogP contribution is 2.25. The minimum atomic E-state index is -0.472. The van der Waals surface area contributed by atoms with Crippen LogP contribution in [-0.4, -0.2) is 17.7 Å². The topological polar surface area (TPSA) is 32.3 Å². The fraction of sp³-hybridized carbons (Fsp3) is 0.478. The Bertz CT molecular complexity index is 618. The van der Waals surface area contributed by atoms with Crippen LogP contribution in [0.1, 0.15) is 56.9 Å². The first-order chi connectivity index (χ1) is 11.9. The Morgan fingerprint density at radius 2 is 1.56 bits per heavy atom. The molecule has 25 heavy (non-hydrogen) atoms. The third kappa shape index (κ3) is 6.30. The van der Waals surface area contributed by atoms with Gasteiger partial charge in [-0.2, -0.15) is 0 Å². The summed E-state index contributed by atoms with van der Waals surface area (Å²) in [5, 5.41) is 13.8. The van der Waals surface area contributed by atoms with Crippen molar-refractivity contribution in [1.82, 2.24) is 5.32 Å². The van der Waals surface area contributed by atoms with Gasteiger partial charge in [-0.05, 0) is 48.4 Å². The van der Waals surface area contributed by atoms with Crippen molar-refractivity contribution < 1.29 is 5.11 Å². The van der Waals surface area contributed by atoms with Gasteiger partial charge >= 0.3 is 0 Å². The van der Waals surface area contributed by atoms with Crippen LogP contribution in [-0.2, 0) is 12.8 Å². The molecule has 0 heterocycles. The van der Waals surface area contributed by atoms with Crippen molar-refractivity contribution in [3.05, 3.63) is 71.3 Å². The molecule has 2 nitrogen and oxygen atoms in total. The summed E-state index contributed by atoms with van der Waals surface area (Å²) < 4.78 is 0. The molecule has 0 saturated carbocycles. The lowest BCUT2D eigenvalue weighted by atomic mass is 9.83. The van der Waals surface area contributed by atoms with E-state index in [1.165, 1.54) is 17.5 Å². The molecule has 2 heteroatoms. The second-order valence-electron chi connectivity index (χ2n) is 7.86. The SMILES string of the molecule is CCC(C)(C)Cc1ccc(CCN[C@@H](C)[C@H](O)c2ccccc2)cc1. The Hall–Kier alpha value is -1.64. The van der Waals surface area contributed by atoms with Crippen molar-refractivity contribution >= 4 is 0 Å². The van der Waals surface area contributed by atoms with E-state index in [1.54, 1.807) is 0 Å². The molecule has 0 aliphatic carbocycles. The maximum Gasteiger partial charge on any atom is 0.0940 e. The summed E-state index contributed by atoms with van der Waals surface area (Å²) in [5.74, 6) is 0. The molecule has 0 radical (unpaired) electrons. The second kappa shape index (κ2) is 9.17. The molecule has 2 aromatic carbocycles. The van der Waals surface area contributed by atoms with Gasteiger partial charge in [0.15, 0.2) is 0 Å². The van der Waals surface area contributed by atoms with Crippen LogP contribution in [0.3, 0.4) is 0 Å². The zero-order valence-electron chi connectivity index (χ0n) is 16.1. The summed E-state index contributed by atoms with van der Waals surface area (Å²) in [6.45, 7) is 9.80. The second-order valence-corrected chi connectivity index (χ2v) is 7.86. The highest BCUT2D eigenvalue weighted by atomic mass is 16.3. The molecule has 0 bridgehead atoms. The molecule has 0 aromatic heterocycles. The fourth-order valence-corrected chi connectivity index (χ4v) is 3.00. The first-order valence-corrected chi connectivity index (χ1v) is 9.45. The van der Waals surface area contributed by atoms with Crippen LogP contribution in [0.2, 0.25) is 0 Å². The molecule has 2 rings (SSSR count). The molecular weight excluding hydrogens is 306 g/mol. The zero-order valence-corrected chi connectivity index (χ0v) is 16.1. The Kier molecular flexibility index (Phi) is 7.22. The van der Waals surface area contributed by atoms with Gasteiger partial charge in [-0.15, -0.1) is 0 Å². The largest absolute Gasteiger partial charge is 0.387 e. The summed E-state index contributed by atoms with van der Waals surface area (Å²) >= 11 is 0. The highest BCUT2D eigenvalue weighted by Gasteiger charge is 2.16. The first kappa shape index (κ1) is 19.7. The van der Waals surface area contributed by atoms with E-state index in [0.29, 0.717) is 5.41 Å². The number of aliphatic hydroxyl groups excluding tert-OH is 1. The normalized spacial score (nSPS) is 14.3. The van der Waals surface area contributed by atoms with Crippen molar-refractivity contribution in [1.29, 1.82) is 0 Å². The average Bonchev–Trinajstić information content (AvgIpc) is 2.63. The molecule has 0 saturated heterocycles. The highest BCUT2D eigenvalue weighted by molar-refractivity contribution is 5.24. The number of hydrogen-bond donors (Lipinski definition) is 2. The van der Waals surface area contributed by atoms with E-state index in [2.05, 4.69) is 50.4 Å². The van der Waals surface area contributed by atoms with Crippen molar-refractivity contribution in [2.45, 2.75) is 59.1 Å². The molecule has 136 valence electrons. The van der Waals surface area contributed by atoms with Gasteiger partial charge < -0.3 is 10.4 Å². The van der Waals surface area contributed by atoms with Gasteiger partial charge in [-0.3, -0.25) is 0 Å². The van der Waals surface area contributed by atoms with Crippen LogP contribution in [0, 0.1) is 5.41 Å². The average molecular weight is 340 g/mol. The Morgan fingerprint density at radius 1 is 0.960 bits per heavy atom. The van der Waals surface area contributed by atoms with Crippen molar-refractivity contribution in [2.24, 2.45) is 5.41 Å². The number of rotatable bonds is 9. The molecule has 0 unspecified atom stereocenters. The van der Waals surface area contributed by atoms with E-state index >= 15 is 0 Å². The fourth-order valence-electron chi connectivity index (χ4n) is 3.00. The molecule has 2 atom stereocenters. The summed E-state index contributed by atoms with van der Waals surface area (Å²) in [7, 11) is 0. The van der Waals surface area contributed by atoms with E-state index in [9.17, 15) is 5.11 Å². The van der Waals surface area contributed by atoms with Crippen LogP contribution in [0.15, 0.2) is 54.6 Å². The molecule has 2 aromatic rings. The van der Waals surface area contributed by atoms with Gasteiger partial charge in [0.1, 0.15) is 0 Å². The summed E-state index contributed by atoms with van der Waals surface area (Å²) in [6, 6.07) is 18.9. The van der Waals surface area contributed by atoms with E-state index < -0.39 is 6.10 Å². The Labute approximate surface area is 153 Å². The van der Waals surface area contributed by atoms with E-state index in [1.807, 2.05) is 37.3 Å². The van der Waals surface area contributed by atoms with Gasteiger partial charge in [-0.1, -0.05) is 81.8 Å². The predicted octanol–water partition coefficient (Wildman–Crippen LogP) is 4.92. The smallest absolute Gasteiger partial charge is 0.0940 e. The Morgan fingerprint density at radius 3 is 2.16 bits per heavy atom. The zero-order chi connectivity index (χ0) is 18.3. The molecule has 0 aliphatic rings. The van der Waals surface area contributed by atoms with Crippen molar-refractivity contribution in [3.8, 4) is 0 Å². The summed E-state index contributed by atoms with van der Waals surface area (Å²) in [5.41, 5.74) is 4.08. The van der Waals surface area contributed by atoms with Gasteiger partial charge in [-0.25, -0.2) is 0 Å². The lowest BCUT2D eigenvalue weighted by Gasteiger charge is -2.22. The monoisotopic (exact) mass is 339 g/mol. The van der Waals surface area contributed by atoms with Gasteiger partial charge in [0.25, 0.3) is 0 Å². The van der Waals surface area contributed by atoms with Gasteiger partial charge in [0, 0.05) is 6.04 Å². The predicted molar refractivity (Wildman–Crippen MR) is 107 cm³/mol. The van der Waals surface area contributed by atoms with Crippen LogP contribution in [0.4, 0.5) is 0 Å². The lowest BCUT2D eigenvalue weighted by molar-refractivity contribution is 0.136. The first-order valence-electron chi connectivity index (χ1n) is 9.45. The molecule has 2 N–H and O–H groups in total. The molecule has 0 aliphatic heterocycles.